The molecule has 0 aliphatic rings. The van der Waals surface area contributed by atoms with Gasteiger partial charge in [-0.1, -0.05) is 60.7 Å². The molecule has 26 heavy (non-hydrogen) atoms. The number of hydrogen-bond acceptors (Lipinski definition) is 4. The van der Waals surface area contributed by atoms with Gasteiger partial charge in [-0.15, -0.1) is 0 Å². The monoisotopic (exact) mass is 378 g/mol. The average Bonchev–Trinajstić information content (AvgIpc) is 2.66. The summed E-state index contributed by atoms with van der Waals surface area (Å²) >= 11 is 0. The van der Waals surface area contributed by atoms with E-state index in [-0.39, 0.29) is 12.8 Å². The lowest BCUT2D eigenvalue weighted by atomic mass is 10.2. The third-order valence-electron chi connectivity index (χ3n) is 3.68. The topological polar surface area (TPSA) is 65.0 Å². The Labute approximate surface area is 155 Å². The smallest absolute Gasteiger partial charge is 0.328 e. The van der Waals surface area contributed by atoms with Crippen molar-refractivity contribution in [2.24, 2.45) is 0 Å². The van der Waals surface area contributed by atoms with Crippen molar-refractivity contribution >= 4 is 7.60 Å². The molecule has 0 spiro atoms. The maximum absolute atomic E-state index is 11.9. The summed E-state index contributed by atoms with van der Waals surface area (Å²) in [6.45, 7) is 2.19. The highest BCUT2D eigenvalue weighted by Crippen LogP contribution is 2.42. The van der Waals surface area contributed by atoms with Crippen LogP contribution < -0.4 is 0 Å². The molecule has 0 amide bonds. The second-order valence-corrected chi connectivity index (χ2v) is 7.96. The Morgan fingerprint density at radius 1 is 0.731 bits per heavy atom. The van der Waals surface area contributed by atoms with Gasteiger partial charge in [0.1, 0.15) is 0 Å². The van der Waals surface area contributed by atoms with Crippen LogP contribution in [0.15, 0.2) is 60.7 Å². The lowest BCUT2D eigenvalue weighted by molar-refractivity contribution is 0.104. The van der Waals surface area contributed by atoms with Crippen LogP contribution in [-0.2, 0) is 31.8 Å². The fourth-order valence-corrected chi connectivity index (χ4v) is 3.40. The second kappa shape index (κ2) is 12.0. The Balaban J connectivity index is 1.47. The van der Waals surface area contributed by atoms with E-state index in [2.05, 4.69) is 0 Å². The fourth-order valence-electron chi connectivity index (χ4n) is 2.33. The first kappa shape index (κ1) is 20.8. The molecule has 0 fully saturated rings. The van der Waals surface area contributed by atoms with Gasteiger partial charge in [0.2, 0.25) is 0 Å². The summed E-state index contributed by atoms with van der Waals surface area (Å²) in [5.74, 6) is 0. The number of rotatable bonds is 13. The Morgan fingerprint density at radius 2 is 1.23 bits per heavy atom. The molecular weight excluding hydrogens is 351 g/mol. The molecule has 0 heterocycles. The lowest BCUT2D eigenvalue weighted by Gasteiger charge is -2.12. The third-order valence-corrected chi connectivity index (χ3v) is 5.15. The molecular formula is C20H27O5P. The van der Waals surface area contributed by atoms with Crippen molar-refractivity contribution in [2.75, 3.05) is 26.0 Å². The zero-order chi connectivity index (χ0) is 18.5. The van der Waals surface area contributed by atoms with Crippen LogP contribution in [0.1, 0.15) is 24.0 Å². The normalized spacial score (nSPS) is 13.4. The van der Waals surface area contributed by atoms with Crippen LogP contribution in [0.2, 0.25) is 0 Å². The Kier molecular flexibility index (Phi) is 9.61. The molecule has 2 aromatic rings. The highest BCUT2D eigenvalue weighted by atomic mass is 31.2. The molecule has 5 nitrogen and oxygen atoms in total. The van der Waals surface area contributed by atoms with Crippen molar-refractivity contribution in [1.29, 1.82) is 0 Å². The zero-order valence-electron chi connectivity index (χ0n) is 15.0. The van der Waals surface area contributed by atoms with E-state index in [0.29, 0.717) is 39.3 Å². The van der Waals surface area contributed by atoms with Crippen LogP contribution in [-0.4, -0.2) is 30.9 Å². The van der Waals surface area contributed by atoms with E-state index < -0.39 is 7.60 Å². The van der Waals surface area contributed by atoms with Crippen molar-refractivity contribution in [3.05, 3.63) is 71.8 Å². The largest absolute Gasteiger partial charge is 0.377 e. The number of ether oxygens (including phenoxy) is 2. The van der Waals surface area contributed by atoms with Gasteiger partial charge in [-0.05, 0) is 24.0 Å². The highest BCUT2D eigenvalue weighted by Gasteiger charge is 2.18. The zero-order valence-corrected chi connectivity index (χ0v) is 15.9. The van der Waals surface area contributed by atoms with E-state index in [1.165, 1.54) is 0 Å². The first-order valence-corrected chi connectivity index (χ1v) is 10.6. The van der Waals surface area contributed by atoms with Gasteiger partial charge in [-0.3, -0.25) is 4.57 Å². The van der Waals surface area contributed by atoms with Gasteiger partial charge >= 0.3 is 7.60 Å². The standard InChI is InChI=1S/C20H27O5P/c21-26(22,16-8-14-24-18-20-11-5-2-6-12-20)25-15-7-13-23-17-19-9-3-1-4-10-19/h1-6,9-12H,7-8,13-18H2,(H,21,22). The maximum Gasteiger partial charge on any atom is 0.328 e. The molecule has 1 N–H and O–H groups in total. The molecule has 0 aromatic heterocycles. The van der Waals surface area contributed by atoms with E-state index >= 15 is 0 Å². The van der Waals surface area contributed by atoms with E-state index in [4.69, 9.17) is 14.0 Å². The van der Waals surface area contributed by atoms with Gasteiger partial charge in [0.25, 0.3) is 0 Å². The number of hydrogen-bond donors (Lipinski definition) is 1. The van der Waals surface area contributed by atoms with E-state index in [1.807, 2.05) is 60.7 Å². The Bertz CT molecular complexity index is 648. The predicted octanol–water partition coefficient (Wildman–Crippen LogP) is 4.40. The van der Waals surface area contributed by atoms with Crippen LogP contribution >= 0.6 is 7.60 Å². The predicted molar refractivity (Wildman–Crippen MR) is 102 cm³/mol. The summed E-state index contributed by atoms with van der Waals surface area (Å²) in [7, 11) is -3.55. The minimum Gasteiger partial charge on any atom is -0.377 e. The van der Waals surface area contributed by atoms with E-state index in [9.17, 15) is 9.46 Å². The van der Waals surface area contributed by atoms with Gasteiger partial charge in [-0.2, -0.15) is 0 Å². The molecule has 0 aliphatic carbocycles. The van der Waals surface area contributed by atoms with Crippen molar-refractivity contribution < 1.29 is 23.5 Å². The molecule has 0 bridgehead atoms. The van der Waals surface area contributed by atoms with Crippen LogP contribution in [0, 0.1) is 0 Å². The van der Waals surface area contributed by atoms with E-state index in [1.54, 1.807) is 0 Å². The molecule has 0 aliphatic heterocycles. The summed E-state index contributed by atoms with van der Waals surface area (Å²) in [5.41, 5.74) is 2.20. The first-order valence-electron chi connectivity index (χ1n) is 8.85. The number of benzene rings is 2. The Hall–Kier alpha value is -1.49. The van der Waals surface area contributed by atoms with Crippen molar-refractivity contribution in [3.8, 4) is 0 Å². The molecule has 2 aromatic carbocycles. The molecule has 0 radical (unpaired) electrons. The molecule has 142 valence electrons. The quantitative estimate of drug-likeness (QED) is 0.413. The second-order valence-electron chi connectivity index (χ2n) is 5.98. The minimum absolute atomic E-state index is 0.104. The van der Waals surface area contributed by atoms with Crippen LogP contribution in [0.4, 0.5) is 0 Å². The SMILES string of the molecule is O=P(O)(CCCOCc1ccccc1)OCCCOCc1ccccc1. The molecule has 2 rings (SSSR count). The van der Waals surface area contributed by atoms with Gasteiger partial charge in [0.05, 0.1) is 26.0 Å². The molecule has 0 saturated carbocycles. The minimum atomic E-state index is -3.55. The summed E-state index contributed by atoms with van der Waals surface area (Å²) in [6, 6.07) is 19.7. The molecule has 1 atom stereocenters. The van der Waals surface area contributed by atoms with Gasteiger partial charge in [-0.25, -0.2) is 0 Å². The molecule has 1 unspecified atom stereocenters. The fraction of sp³-hybridized carbons (Fsp3) is 0.400. The van der Waals surface area contributed by atoms with Crippen LogP contribution in [0.5, 0.6) is 0 Å². The summed E-state index contributed by atoms with van der Waals surface area (Å²) in [6.07, 6.45) is 1.18. The van der Waals surface area contributed by atoms with E-state index in [0.717, 1.165) is 11.1 Å². The average molecular weight is 378 g/mol. The van der Waals surface area contributed by atoms with Crippen molar-refractivity contribution in [3.63, 3.8) is 0 Å². The Morgan fingerprint density at radius 3 is 1.77 bits per heavy atom. The summed E-state index contributed by atoms with van der Waals surface area (Å²) < 4.78 is 28.1. The van der Waals surface area contributed by atoms with Gasteiger partial charge in [0.15, 0.2) is 0 Å². The van der Waals surface area contributed by atoms with Crippen molar-refractivity contribution in [2.45, 2.75) is 26.1 Å². The third kappa shape index (κ3) is 9.27. The molecule has 6 heteroatoms. The molecule has 0 saturated heterocycles. The summed E-state index contributed by atoms with van der Waals surface area (Å²) in [5, 5.41) is 0. The van der Waals surface area contributed by atoms with Crippen molar-refractivity contribution in [1.82, 2.24) is 0 Å². The lowest BCUT2D eigenvalue weighted by Crippen LogP contribution is -2.04. The summed E-state index contributed by atoms with van der Waals surface area (Å²) in [4.78, 5) is 9.80. The van der Waals surface area contributed by atoms with Gasteiger partial charge in [0, 0.05) is 13.2 Å². The van der Waals surface area contributed by atoms with Crippen LogP contribution in [0.25, 0.3) is 0 Å². The first-order chi connectivity index (χ1) is 12.7. The maximum atomic E-state index is 11.9. The van der Waals surface area contributed by atoms with Gasteiger partial charge < -0.3 is 18.9 Å². The highest BCUT2D eigenvalue weighted by molar-refractivity contribution is 7.52. The van der Waals surface area contributed by atoms with Crippen LogP contribution in [0.3, 0.4) is 0 Å².